The smallest absolute Gasteiger partial charge is 0.0630 e. The van der Waals surface area contributed by atoms with Gasteiger partial charge in [0.15, 0.2) is 0 Å². The minimum atomic E-state index is 0.946. The molecule has 0 radical (unpaired) electrons. The fourth-order valence-corrected chi connectivity index (χ4v) is 2.15. The van der Waals surface area contributed by atoms with Crippen molar-refractivity contribution in [2.45, 2.75) is 0 Å². The molecule has 3 rings (SSSR count). The summed E-state index contributed by atoms with van der Waals surface area (Å²) in [7, 11) is 0. The van der Waals surface area contributed by atoms with Crippen LogP contribution in [0.3, 0.4) is 0 Å². The van der Waals surface area contributed by atoms with Crippen molar-refractivity contribution in [1.29, 1.82) is 0 Å². The lowest BCUT2D eigenvalue weighted by Gasteiger charge is -1.97. The molecule has 0 aliphatic heterocycles. The second-order valence-electron chi connectivity index (χ2n) is 4.02. The van der Waals surface area contributed by atoms with Crippen LogP contribution in [0.2, 0.25) is 0 Å². The molecule has 0 bridgehead atoms. The summed E-state index contributed by atoms with van der Waals surface area (Å²) in [5.74, 6) is 0. The Balaban J connectivity index is 1.96. The number of fused-ring (bicyclic) bond motifs is 1. The fourth-order valence-electron chi connectivity index (χ4n) is 1.89. The Bertz CT molecular complexity index is 696. The molecule has 2 nitrogen and oxygen atoms in total. The number of aromatic nitrogens is 1. The molecule has 0 amide bonds. The highest BCUT2D eigenvalue weighted by atomic mass is 79.9. The quantitative estimate of drug-likeness (QED) is 0.665. The van der Waals surface area contributed by atoms with Crippen LogP contribution >= 0.6 is 15.9 Å². The lowest BCUT2D eigenvalue weighted by molar-refractivity contribution is 1.46. The third-order valence-electron chi connectivity index (χ3n) is 2.80. The number of nitrogens with one attached hydrogen (secondary N) is 1. The maximum absolute atomic E-state index is 4.48. The molecule has 18 heavy (non-hydrogen) atoms. The maximum atomic E-state index is 4.48. The molecule has 0 aliphatic rings. The second kappa shape index (κ2) is 4.78. The molecule has 0 atom stereocenters. The Morgan fingerprint density at radius 2 is 1.83 bits per heavy atom. The van der Waals surface area contributed by atoms with E-state index in [2.05, 4.69) is 44.1 Å². The number of nitrogens with zero attached hydrogens (tertiary/aromatic N) is 1. The van der Waals surface area contributed by atoms with Crippen LogP contribution in [0.25, 0.3) is 10.9 Å². The van der Waals surface area contributed by atoms with Gasteiger partial charge in [0.25, 0.3) is 0 Å². The van der Waals surface area contributed by atoms with Crippen LogP contribution in [0.4, 0.5) is 5.69 Å². The molecule has 0 fully saturated rings. The predicted molar refractivity (Wildman–Crippen MR) is 79.7 cm³/mol. The Kier molecular flexibility index (Phi) is 2.99. The summed E-state index contributed by atoms with van der Waals surface area (Å²) >= 11 is 3.41. The Morgan fingerprint density at radius 3 is 2.67 bits per heavy atom. The van der Waals surface area contributed by atoms with Crippen molar-refractivity contribution in [3.8, 4) is 0 Å². The topological polar surface area (TPSA) is 28.1 Å². The van der Waals surface area contributed by atoms with E-state index in [9.17, 15) is 0 Å². The highest BCUT2D eigenvalue weighted by Crippen LogP contribution is 2.19. The van der Waals surface area contributed by atoms with Crippen molar-refractivity contribution >= 4 is 38.7 Å². The summed E-state index contributed by atoms with van der Waals surface area (Å²) in [6.07, 6.45) is 3.84. The molecule has 1 heterocycles. The van der Waals surface area contributed by atoms with Crippen LogP contribution in [0.15, 0.2) is 64.2 Å². The number of halogens is 1. The van der Waals surface area contributed by atoms with E-state index in [1.165, 1.54) is 5.39 Å². The zero-order valence-electron chi connectivity index (χ0n) is 9.60. The van der Waals surface area contributed by atoms with E-state index >= 15 is 0 Å². The lowest BCUT2D eigenvalue weighted by Crippen LogP contribution is -1.82. The molecule has 0 aliphatic carbocycles. The van der Waals surface area contributed by atoms with Crippen molar-refractivity contribution in [3.05, 3.63) is 64.8 Å². The molecule has 0 saturated heterocycles. The highest BCUT2D eigenvalue weighted by molar-refractivity contribution is 9.10. The zero-order chi connectivity index (χ0) is 12.4. The molecule has 0 saturated carbocycles. The predicted octanol–water partition coefficient (Wildman–Crippen LogP) is 4.68. The van der Waals surface area contributed by atoms with Gasteiger partial charge in [-0.2, -0.15) is 0 Å². The van der Waals surface area contributed by atoms with Gasteiger partial charge in [-0.3, -0.25) is 4.99 Å². The minimum Gasteiger partial charge on any atom is -0.361 e. The molecular formula is C15H11BrN2. The largest absolute Gasteiger partial charge is 0.361 e. The first-order valence-corrected chi connectivity index (χ1v) is 6.48. The average Bonchev–Trinajstić information content (AvgIpc) is 2.87. The summed E-state index contributed by atoms with van der Waals surface area (Å²) in [6, 6.07) is 16.2. The van der Waals surface area contributed by atoms with Crippen molar-refractivity contribution < 1.29 is 0 Å². The van der Waals surface area contributed by atoms with Crippen molar-refractivity contribution in [1.82, 2.24) is 4.98 Å². The van der Waals surface area contributed by atoms with Crippen LogP contribution in [-0.4, -0.2) is 11.2 Å². The van der Waals surface area contributed by atoms with Gasteiger partial charge < -0.3 is 4.98 Å². The number of H-pyrrole nitrogens is 1. The van der Waals surface area contributed by atoms with Crippen LogP contribution in [0, 0.1) is 0 Å². The molecule has 2 aromatic carbocycles. The highest BCUT2D eigenvalue weighted by Gasteiger charge is 1.98. The van der Waals surface area contributed by atoms with Crippen molar-refractivity contribution in [2.75, 3.05) is 0 Å². The first kappa shape index (κ1) is 11.2. The number of hydrogen-bond donors (Lipinski definition) is 1. The fraction of sp³-hybridized carbons (Fsp3) is 0. The number of para-hydroxylation sites is 1. The number of hydrogen-bond acceptors (Lipinski definition) is 1. The van der Waals surface area contributed by atoms with E-state index in [0.717, 1.165) is 21.2 Å². The Labute approximate surface area is 114 Å². The van der Waals surface area contributed by atoms with E-state index < -0.39 is 0 Å². The monoisotopic (exact) mass is 298 g/mol. The third kappa shape index (κ3) is 2.22. The average molecular weight is 299 g/mol. The van der Waals surface area contributed by atoms with Gasteiger partial charge in [-0.1, -0.05) is 34.1 Å². The van der Waals surface area contributed by atoms with Gasteiger partial charge in [-0.15, -0.1) is 0 Å². The van der Waals surface area contributed by atoms with Crippen molar-refractivity contribution in [2.24, 2.45) is 4.99 Å². The molecule has 1 N–H and O–H groups in total. The molecule has 3 heteroatoms. The molecule has 88 valence electrons. The summed E-state index contributed by atoms with van der Waals surface area (Å²) in [6.45, 7) is 0. The summed E-state index contributed by atoms with van der Waals surface area (Å²) in [4.78, 5) is 7.72. The normalized spacial score (nSPS) is 11.4. The van der Waals surface area contributed by atoms with Crippen LogP contribution in [-0.2, 0) is 0 Å². The number of benzene rings is 2. The van der Waals surface area contributed by atoms with Crippen molar-refractivity contribution in [3.63, 3.8) is 0 Å². The van der Waals surface area contributed by atoms with Gasteiger partial charge in [0, 0.05) is 27.8 Å². The van der Waals surface area contributed by atoms with Crippen LogP contribution < -0.4 is 0 Å². The lowest BCUT2D eigenvalue weighted by atomic mass is 10.1. The molecule has 0 spiro atoms. The van der Waals surface area contributed by atoms with Crippen LogP contribution in [0.1, 0.15) is 5.56 Å². The standard InChI is InChI=1S/C15H11BrN2/c16-13-4-6-14(7-5-13)18-10-12-3-1-2-11-8-9-17-15(11)12/h1-10,17H. The minimum absolute atomic E-state index is 0.946. The van der Waals surface area contributed by atoms with Crippen LogP contribution in [0.5, 0.6) is 0 Å². The van der Waals surface area contributed by atoms with Gasteiger partial charge >= 0.3 is 0 Å². The number of aromatic amines is 1. The van der Waals surface area contributed by atoms with Gasteiger partial charge in [0.1, 0.15) is 0 Å². The SMILES string of the molecule is Brc1ccc(N=Cc2cccc3cc[nH]c23)cc1. The van der Waals surface area contributed by atoms with E-state index in [4.69, 9.17) is 0 Å². The third-order valence-corrected chi connectivity index (χ3v) is 3.33. The number of aliphatic imine (C=N–C) groups is 1. The van der Waals surface area contributed by atoms with E-state index in [1.54, 1.807) is 0 Å². The first-order chi connectivity index (χ1) is 8.83. The van der Waals surface area contributed by atoms with Gasteiger partial charge in [0.2, 0.25) is 0 Å². The molecule has 3 aromatic rings. The Hall–Kier alpha value is -1.87. The molecule has 0 unspecified atom stereocenters. The van der Waals surface area contributed by atoms with Gasteiger partial charge in [-0.25, -0.2) is 0 Å². The Morgan fingerprint density at radius 1 is 1.00 bits per heavy atom. The molecular weight excluding hydrogens is 288 g/mol. The van der Waals surface area contributed by atoms with E-state index in [-0.39, 0.29) is 0 Å². The summed E-state index contributed by atoms with van der Waals surface area (Å²) in [5, 5.41) is 1.20. The zero-order valence-corrected chi connectivity index (χ0v) is 11.2. The summed E-state index contributed by atoms with van der Waals surface area (Å²) < 4.78 is 1.06. The van der Waals surface area contributed by atoms with Gasteiger partial charge in [-0.05, 0) is 30.3 Å². The summed E-state index contributed by atoms with van der Waals surface area (Å²) in [5.41, 5.74) is 3.17. The molecule has 1 aromatic heterocycles. The number of rotatable bonds is 2. The van der Waals surface area contributed by atoms with E-state index in [0.29, 0.717) is 0 Å². The van der Waals surface area contributed by atoms with Gasteiger partial charge in [0.05, 0.1) is 11.2 Å². The second-order valence-corrected chi connectivity index (χ2v) is 4.94. The first-order valence-electron chi connectivity index (χ1n) is 5.69. The maximum Gasteiger partial charge on any atom is 0.0630 e. The van der Waals surface area contributed by atoms with E-state index in [1.807, 2.05) is 42.7 Å².